The van der Waals surface area contributed by atoms with Gasteiger partial charge in [-0.05, 0) is 79.6 Å². The minimum atomic E-state index is -1.04. The van der Waals surface area contributed by atoms with Gasteiger partial charge in [0.1, 0.15) is 0 Å². The number of piperidine rings is 1. The van der Waals surface area contributed by atoms with Gasteiger partial charge < -0.3 is 14.8 Å². The fourth-order valence-corrected chi connectivity index (χ4v) is 7.38. The number of amides is 1. The van der Waals surface area contributed by atoms with Crippen molar-refractivity contribution in [2.45, 2.75) is 71.3 Å². The van der Waals surface area contributed by atoms with E-state index in [1.54, 1.807) is 0 Å². The molecule has 0 N–H and O–H groups in total. The van der Waals surface area contributed by atoms with E-state index in [1.165, 1.54) is 12.5 Å². The molecular weight excluding hydrogens is 337 g/mol. The zero-order valence-electron chi connectivity index (χ0n) is 16.7. The number of hydrogen-bond acceptors (Lipinski definition) is 3. The molecule has 1 heterocycles. The van der Waals surface area contributed by atoms with Crippen LogP contribution in [-0.4, -0.2) is 29.9 Å². The Morgan fingerprint density at radius 3 is 2.54 bits per heavy atom. The molecular formula is C21H30NNaO3. The SMILES string of the molecule is CN1C(=O)CCC2(C)C3CCC4(C)/C(=C/C(=O)[O-])CCC4C3CCC12.[Na+]. The molecule has 0 bridgehead atoms. The molecule has 138 valence electrons. The third kappa shape index (κ3) is 2.82. The number of carboxylic acids is 1. The molecule has 0 spiro atoms. The third-order valence-electron chi connectivity index (χ3n) is 8.70. The van der Waals surface area contributed by atoms with Gasteiger partial charge in [-0.25, -0.2) is 0 Å². The van der Waals surface area contributed by atoms with E-state index >= 15 is 0 Å². The summed E-state index contributed by atoms with van der Waals surface area (Å²) in [5.74, 6) is 1.21. The normalized spacial score (nSPS) is 46.2. The van der Waals surface area contributed by atoms with Crippen LogP contribution in [0.1, 0.15) is 65.2 Å². The molecule has 1 amide bonds. The molecule has 6 atom stereocenters. The Hall–Kier alpha value is -0.320. The van der Waals surface area contributed by atoms with Crippen LogP contribution in [-0.2, 0) is 9.59 Å². The minimum Gasteiger partial charge on any atom is -0.545 e. The van der Waals surface area contributed by atoms with Gasteiger partial charge in [0.25, 0.3) is 0 Å². The van der Waals surface area contributed by atoms with Gasteiger partial charge in [-0.2, -0.15) is 0 Å². The standard InChI is InChI=1S/C21H31NO3.Na/c1-20-10-8-16-14(15(20)6-4-13(20)12-19(24)25)5-7-17-21(16,2)11-9-18(23)22(17)3;/h12,14-17H,4-11H2,1-3H3,(H,24,25);/q;+1/p-1/b13-12+;. The Morgan fingerprint density at radius 1 is 1.12 bits per heavy atom. The maximum Gasteiger partial charge on any atom is 1.00 e. The number of hydrogen-bond donors (Lipinski definition) is 0. The number of carbonyl (C=O) groups is 2. The van der Waals surface area contributed by atoms with Crippen molar-refractivity contribution < 1.29 is 44.3 Å². The molecule has 4 nitrogen and oxygen atoms in total. The van der Waals surface area contributed by atoms with E-state index in [0.29, 0.717) is 36.1 Å². The number of carbonyl (C=O) groups excluding carboxylic acids is 2. The van der Waals surface area contributed by atoms with Gasteiger partial charge in [0.05, 0.1) is 5.97 Å². The van der Waals surface area contributed by atoms with Gasteiger partial charge in [-0.15, -0.1) is 0 Å². The minimum absolute atomic E-state index is 0. The molecule has 0 radical (unpaired) electrons. The molecule has 4 aliphatic rings. The van der Waals surface area contributed by atoms with Crippen molar-refractivity contribution in [2.24, 2.45) is 28.6 Å². The number of rotatable bonds is 1. The monoisotopic (exact) mass is 367 g/mol. The summed E-state index contributed by atoms with van der Waals surface area (Å²) in [6.45, 7) is 4.72. The van der Waals surface area contributed by atoms with Crippen LogP contribution in [0.25, 0.3) is 0 Å². The first-order chi connectivity index (χ1) is 11.8. The molecule has 5 heteroatoms. The second-order valence-corrected chi connectivity index (χ2v) is 9.46. The third-order valence-corrected chi connectivity index (χ3v) is 8.70. The van der Waals surface area contributed by atoms with Gasteiger partial charge in [0.15, 0.2) is 0 Å². The summed E-state index contributed by atoms with van der Waals surface area (Å²) in [6, 6.07) is 0.388. The molecule has 0 aromatic rings. The van der Waals surface area contributed by atoms with E-state index < -0.39 is 5.97 Å². The quantitative estimate of drug-likeness (QED) is 0.465. The molecule has 0 aromatic carbocycles. The van der Waals surface area contributed by atoms with Crippen LogP contribution in [0.3, 0.4) is 0 Å². The van der Waals surface area contributed by atoms with Crippen molar-refractivity contribution in [2.75, 3.05) is 7.05 Å². The zero-order chi connectivity index (χ0) is 18.0. The van der Waals surface area contributed by atoms with Crippen LogP contribution in [0, 0.1) is 28.6 Å². The van der Waals surface area contributed by atoms with E-state index in [-0.39, 0.29) is 40.4 Å². The van der Waals surface area contributed by atoms with Gasteiger partial charge in [0, 0.05) is 19.5 Å². The van der Waals surface area contributed by atoms with Crippen LogP contribution in [0.4, 0.5) is 0 Å². The Bertz CT molecular complexity index is 647. The number of allylic oxidation sites excluding steroid dienone is 1. The second kappa shape index (κ2) is 6.93. The number of carboxylic acid groups (broad SMARTS) is 1. The Kier molecular flexibility index (Phi) is 5.44. The zero-order valence-corrected chi connectivity index (χ0v) is 18.7. The number of likely N-dealkylation sites (tertiary alicyclic amines) is 1. The van der Waals surface area contributed by atoms with Crippen molar-refractivity contribution in [1.29, 1.82) is 0 Å². The van der Waals surface area contributed by atoms with Crippen LogP contribution >= 0.6 is 0 Å². The van der Waals surface area contributed by atoms with E-state index in [0.717, 1.165) is 44.1 Å². The van der Waals surface area contributed by atoms with Crippen molar-refractivity contribution >= 4 is 11.9 Å². The average molecular weight is 367 g/mol. The van der Waals surface area contributed by atoms with Crippen molar-refractivity contribution in [3.8, 4) is 0 Å². The summed E-state index contributed by atoms with van der Waals surface area (Å²) in [4.78, 5) is 25.4. The van der Waals surface area contributed by atoms with Gasteiger partial charge in [0.2, 0.25) is 5.91 Å². The molecule has 0 aromatic heterocycles. The Balaban J connectivity index is 0.00000196. The maximum absolute atomic E-state index is 12.2. The largest absolute Gasteiger partial charge is 1.00 e. The number of aliphatic carboxylic acids is 1. The summed E-state index contributed by atoms with van der Waals surface area (Å²) in [5.41, 5.74) is 1.38. The molecule has 3 aliphatic carbocycles. The summed E-state index contributed by atoms with van der Waals surface area (Å²) in [6.07, 6.45) is 9.66. The topological polar surface area (TPSA) is 60.4 Å². The first kappa shape index (κ1) is 20.4. The smallest absolute Gasteiger partial charge is 0.545 e. The summed E-state index contributed by atoms with van der Waals surface area (Å²) < 4.78 is 0. The summed E-state index contributed by atoms with van der Waals surface area (Å²) in [5, 5.41) is 11.1. The molecule has 4 fully saturated rings. The number of fused-ring (bicyclic) bond motifs is 5. The molecule has 1 saturated heterocycles. The molecule has 26 heavy (non-hydrogen) atoms. The molecule has 4 rings (SSSR count). The summed E-state index contributed by atoms with van der Waals surface area (Å²) in [7, 11) is 1.99. The molecule has 6 unspecified atom stereocenters. The molecule has 1 aliphatic heterocycles. The fourth-order valence-electron chi connectivity index (χ4n) is 7.38. The fraction of sp³-hybridized carbons (Fsp3) is 0.810. The van der Waals surface area contributed by atoms with Crippen LogP contribution in [0.5, 0.6) is 0 Å². The first-order valence-electron chi connectivity index (χ1n) is 9.95. The van der Waals surface area contributed by atoms with E-state index in [9.17, 15) is 14.7 Å². The number of nitrogens with zero attached hydrogens (tertiary/aromatic N) is 1. The van der Waals surface area contributed by atoms with Gasteiger partial charge >= 0.3 is 29.6 Å². The van der Waals surface area contributed by atoms with Crippen molar-refractivity contribution in [3.05, 3.63) is 11.6 Å². The van der Waals surface area contributed by atoms with E-state index in [1.807, 2.05) is 11.9 Å². The van der Waals surface area contributed by atoms with E-state index in [4.69, 9.17) is 0 Å². The predicted octanol–water partition coefficient (Wildman–Crippen LogP) is -0.470. The Morgan fingerprint density at radius 2 is 1.85 bits per heavy atom. The van der Waals surface area contributed by atoms with E-state index in [2.05, 4.69) is 13.8 Å². The van der Waals surface area contributed by atoms with Crippen LogP contribution in [0.15, 0.2) is 11.6 Å². The average Bonchev–Trinajstić information content (AvgIpc) is 2.88. The van der Waals surface area contributed by atoms with Crippen LogP contribution < -0.4 is 34.7 Å². The second-order valence-electron chi connectivity index (χ2n) is 9.46. The van der Waals surface area contributed by atoms with Crippen molar-refractivity contribution in [3.63, 3.8) is 0 Å². The molecule has 3 saturated carbocycles. The van der Waals surface area contributed by atoms with Crippen LogP contribution in [0.2, 0.25) is 0 Å². The van der Waals surface area contributed by atoms with Gasteiger partial charge in [-0.3, -0.25) is 4.79 Å². The predicted molar refractivity (Wildman–Crippen MR) is 93.3 cm³/mol. The van der Waals surface area contributed by atoms with Gasteiger partial charge in [-0.1, -0.05) is 19.4 Å². The summed E-state index contributed by atoms with van der Waals surface area (Å²) >= 11 is 0. The van der Waals surface area contributed by atoms with Crippen molar-refractivity contribution in [1.82, 2.24) is 4.90 Å². The maximum atomic E-state index is 12.2. The first-order valence-corrected chi connectivity index (χ1v) is 9.95. The Labute approximate surface area is 179 Å².